The summed E-state index contributed by atoms with van der Waals surface area (Å²) in [5, 5.41) is 5.89. The largest absolute Gasteiger partial charge is 0.346 e. The predicted octanol–water partition coefficient (Wildman–Crippen LogP) is 4.99. The lowest BCUT2D eigenvalue weighted by Gasteiger charge is -2.12. The number of nitrogens with one attached hydrogen (secondary N) is 1. The molecular formula is C29H20N4O2. The predicted molar refractivity (Wildman–Crippen MR) is 137 cm³/mol. The maximum atomic E-state index is 13.4. The second-order valence-electron chi connectivity index (χ2n) is 8.30. The molecule has 6 nitrogen and oxygen atoms in total. The number of fused-ring (bicyclic) bond motifs is 3. The lowest BCUT2D eigenvalue weighted by Crippen LogP contribution is -2.25. The summed E-state index contributed by atoms with van der Waals surface area (Å²) >= 11 is 0. The van der Waals surface area contributed by atoms with Crippen molar-refractivity contribution >= 4 is 33.2 Å². The van der Waals surface area contributed by atoms with Crippen molar-refractivity contribution in [2.24, 2.45) is 0 Å². The molecule has 3 aromatic carbocycles. The summed E-state index contributed by atoms with van der Waals surface area (Å²) in [6.07, 6.45) is 1.67. The van der Waals surface area contributed by atoms with Gasteiger partial charge in [0.15, 0.2) is 0 Å². The van der Waals surface area contributed by atoms with Crippen molar-refractivity contribution in [1.29, 1.82) is 0 Å². The molecule has 1 amide bonds. The number of hydrogen-bond acceptors (Lipinski definition) is 4. The van der Waals surface area contributed by atoms with Crippen LogP contribution in [-0.4, -0.2) is 20.3 Å². The maximum Gasteiger partial charge on any atom is 0.258 e. The van der Waals surface area contributed by atoms with Crippen LogP contribution in [0.5, 0.6) is 0 Å². The first-order valence-electron chi connectivity index (χ1n) is 11.3. The molecule has 6 heteroatoms. The molecular weight excluding hydrogens is 436 g/mol. The summed E-state index contributed by atoms with van der Waals surface area (Å²) < 4.78 is 1.47. The molecule has 0 saturated heterocycles. The molecule has 3 aromatic heterocycles. The fourth-order valence-electron chi connectivity index (χ4n) is 4.41. The molecule has 0 radical (unpaired) electrons. The van der Waals surface area contributed by atoms with Crippen LogP contribution >= 0.6 is 0 Å². The summed E-state index contributed by atoms with van der Waals surface area (Å²) in [5.41, 5.74) is 3.81. The lowest BCUT2D eigenvalue weighted by molar-refractivity contribution is 0.0952. The molecule has 3 heterocycles. The number of hydrogen-bond donors (Lipinski definition) is 1. The van der Waals surface area contributed by atoms with E-state index in [1.807, 2.05) is 60.7 Å². The van der Waals surface area contributed by atoms with Crippen LogP contribution in [0.3, 0.4) is 0 Å². The van der Waals surface area contributed by atoms with Crippen molar-refractivity contribution in [3.8, 4) is 11.3 Å². The zero-order valence-corrected chi connectivity index (χ0v) is 18.7. The molecule has 6 rings (SSSR count). The number of amides is 1. The Balaban J connectivity index is 1.40. The highest BCUT2D eigenvalue weighted by molar-refractivity contribution is 6.08. The van der Waals surface area contributed by atoms with E-state index < -0.39 is 0 Å². The van der Waals surface area contributed by atoms with Crippen molar-refractivity contribution in [3.63, 3.8) is 0 Å². The Bertz CT molecular complexity index is 1800. The van der Waals surface area contributed by atoms with Crippen molar-refractivity contribution < 1.29 is 4.79 Å². The molecule has 0 aliphatic rings. The van der Waals surface area contributed by atoms with E-state index in [4.69, 9.17) is 4.98 Å². The molecule has 0 aliphatic carbocycles. The van der Waals surface area contributed by atoms with Crippen LogP contribution in [0.15, 0.2) is 108 Å². The fraction of sp³-hybridized carbons (Fsp3) is 0.0345. The highest BCUT2D eigenvalue weighted by atomic mass is 16.1. The number of aromatic nitrogens is 3. The average molecular weight is 457 g/mol. The van der Waals surface area contributed by atoms with Crippen LogP contribution in [0, 0.1) is 0 Å². The number of rotatable bonds is 4. The van der Waals surface area contributed by atoms with E-state index in [0.29, 0.717) is 16.9 Å². The molecule has 0 aliphatic heterocycles. The molecule has 6 aromatic rings. The van der Waals surface area contributed by atoms with Gasteiger partial charge < -0.3 is 5.32 Å². The molecule has 0 fully saturated rings. The van der Waals surface area contributed by atoms with Crippen LogP contribution < -0.4 is 10.9 Å². The van der Waals surface area contributed by atoms with Crippen LogP contribution in [0.25, 0.3) is 38.6 Å². The molecule has 0 bridgehead atoms. The van der Waals surface area contributed by atoms with Gasteiger partial charge in [-0.2, -0.15) is 0 Å². The average Bonchev–Trinajstić information content (AvgIpc) is 2.91. The van der Waals surface area contributed by atoms with Gasteiger partial charge in [-0.15, -0.1) is 0 Å². The second kappa shape index (κ2) is 8.50. The van der Waals surface area contributed by atoms with E-state index in [9.17, 15) is 9.59 Å². The van der Waals surface area contributed by atoms with Crippen molar-refractivity contribution in [2.45, 2.75) is 6.54 Å². The minimum Gasteiger partial charge on any atom is -0.346 e. The Labute approximate surface area is 200 Å². The van der Waals surface area contributed by atoms with Crippen LogP contribution in [0.1, 0.15) is 16.1 Å². The third kappa shape index (κ3) is 3.81. The second-order valence-corrected chi connectivity index (χ2v) is 8.30. The zero-order valence-electron chi connectivity index (χ0n) is 18.7. The molecule has 35 heavy (non-hydrogen) atoms. The van der Waals surface area contributed by atoms with Gasteiger partial charge in [0.2, 0.25) is 0 Å². The molecule has 1 N–H and O–H groups in total. The SMILES string of the molecule is O=C(NCc1cc(=O)n2ccccc2n1)c1cc(-c2cccc3ccccc23)nc2ccccc12. The van der Waals surface area contributed by atoms with Gasteiger partial charge in [0.1, 0.15) is 5.65 Å². The normalized spacial score (nSPS) is 11.2. The molecule has 0 unspecified atom stereocenters. The van der Waals surface area contributed by atoms with Gasteiger partial charge >= 0.3 is 0 Å². The van der Waals surface area contributed by atoms with E-state index in [-0.39, 0.29) is 18.0 Å². The molecule has 0 saturated carbocycles. The van der Waals surface area contributed by atoms with Crippen molar-refractivity contribution in [3.05, 3.63) is 125 Å². The molecule has 0 atom stereocenters. The Morgan fingerprint density at radius 3 is 2.49 bits per heavy atom. The third-order valence-electron chi connectivity index (χ3n) is 6.08. The van der Waals surface area contributed by atoms with Gasteiger partial charge in [-0.05, 0) is 35.0 Å². The molecule has 168 valence electrons. The van der Waals surface area contributed by atoms with Gasteiger partial charge in [-0.1, -0.05) is 66.7 Å². The van der Waals surface area contributed by atoms with Gasteiger partial charge in [-0.25, -0.2) is 9.97 Å². The summed E-state index contributed by atoms with van der Waals surface area (Å²) in [4.78, 5) is 35.1. The molecule has 0 spiro atoms. The highest BCUT2D eigenvalue weighted by Gasteiger charge is 2.15. The smallest absolute Gasteiger partial charge is 0.258 e. The minimum absolute atomic E-state index is 0.139. The van der Waals surface area contributed by atoms with Gasteiger partial charge in [0.05, 0.1) is 29.0 Å². The topological polar surface area (TPSA) is 76.4 Å². The van der Waals surface area contributed by atoms with Gasteiger partial charge in [0.25, 0.3) is 11.5 Å². The van der Waals surface area contributed by atoms with E-state index in [1.54, 1.807) is 18.3 Å². The van der Waals surface area contributed by atoms with Gasteiger partial charge in [-0.3, -0.25) is 14.0 Å². The summed E-state index contributed by atoms with van der Waals surface area (Å²) in [6.45, 7) is 0.139. The number of nitrogens with zero attached hydrogens (tertiary/aromatic N) is 3. The minimum atomic E-state index is -0.250. The van der Waals surface area contributed by atoms with E-state index in [1.165, 1.54) is 10.5 Å². The highest BCUT2D eigenvalue weighted by Crippen LogP contribution is 2.30. The first kappa shape index (κ1) is 20.7. The van der Waals surface area contributed by atoms with Crippen molar-refractivity contribution in [1.82, 2.24) is 19.7 Å². The van der Waals surface area contributed by atoms with Gasteiger partial charge in [0, 0.05) is 23.2 Å². The Morgan fingerprint density at radius 2 is 1.57 bits per heavy atom. The lowest BCUT2D eigenvalue weighted by atomic mass is 9.99. The third-order valence-corrected chi connectivity index (χ3v) is 6.08. The number of benzene rings is 3. The van der Waals surface area contributed by atoms with E-state index in [2.05, 4.69) is 28.5 Å². The number of carbonyl (C=O) groups is 1. The monoisotopic (exact) mass is 456 g/mol. The van der Waals surface area contributed by atoms with E-state index in [0.717, 1.165) is 32.9 Å². The van der Waals surface area contributed by atoms with Crippen LogP contribution in [0.2, 0.25) is 0 Å². The van der Waals surface area contributed by atoms with Crippen LogP contribution in [0.4, 0.5) is 0 Å². The zero-order chi connectivity index (χ0) is 23.8. The Kier molecular flexibility index (Phi) is 5.04. The number of para-hydroxylation sites is 1. The number of carbonyl (C=O) groups excluding carboxylic acids is 1. The van der Waals surface area contributed by atoms with Crippen molar-refractivity contribution in [2.75, 3.05) is 0 Å². The summed E-state index contributed by atoms with van der Waals surface area (Å²) in [7, 11) is 0. The summed E-state index contributed by atoms with van der Waals surface area (Å²) in [6, 6.07) is 30.5. The van der Waals surface area contributed by atoms with E-state index >= 15 is 0 Å². The van der Waals surface area contributed by atoms with Crippen LogP contribution in [-0.2, 0) is 6.54 Å². The fourth-order valence-corrected chi connectivity index (χ4v) is 4.41. The number of pyridine rings is 2. The first-order chi connectivity index (χ1) is 17.2. The summed E-state index contributed by atoms with van der Waals surface area (Å²) in [5.74, 6) is -0.250. The Hall–Kier alpha value is -4.84. The standard InChI is InChI=1S/C29H20N4O2/c34-28-16-20(31-27-14-5-6-15-33(27)28)18-30-29(35)24-17-26(32-25-13-4-3-11-23(24)25)22-12-7-9-19-8-1-2-10-21(19)22/h1-17H,18H2,(H,30,35). The first-order valence-corrected chi connectivity index (χ1v) is 11.3. The maximum absolute atomic E-state index is 13.4. The Morgan fingerprint density at radius 1 is 0.800 bits per heavy atom. The quantitative estimate of drug-likeness (QED) is 0.405.